The summed E-state index contributed by atoms with van der Waals surface area (Å²) in [6, 6.07) is 2.74. The van der Waals surface area contributed by atoms with E-state index < -0.39 is 0 Å². The van der Waals surface area contributed by atoms with Crippen LogP contribution >= 0.6 is 11.6 Å². The molecule has 0 unspecified atom stereocenters. The predicted octanol–water partition coefficient (Wildman–Crippen LogP) is 2.60. The molecule has 1 heterocycles. The summed E-state index contributed by atoms with van der Waals surface area (Å²) in [7, 11) is 2.15. The number of likely N-dealkylation sites (N-methyl/N-ethyl adjacent to an activating group) is 1. The number of aryl methyl sites for hydroxylation is 1. The molecule has 0 N–H and O–H groups in total. The van der Waals surface area contributed by atoms with Gasteiger partial charge in [0.25, 0.3) is 0 Å². The molecule has 1 fully saturated rings. The Kier molecular flexibility index (Phi) is 4.24. The van der Waals surface area contributed by atoms with E-state index >= 15 is 0 Å². The van der Waals surface area contributed by atoms with E-state index in [0.717, 1.165) is 29.6 Å². The maximum Gasteiger partial charge on any atom is 0.127 e. The van der Waals surface area contributed by atoms with Crippen molar-refractivity contribution in [3.63, 3.8) is 0 Å². The zero-order chi connectivity index (χ0) is 12.3. The van der Waals surface area contributed by atoms with Crippen LogP contribution in [0.3, 0.4) is 0 Å². The van der Waals surface area contributed by atoms with E-state index in [1.54, 1.807) is 6.20 Å². The summed E-state index contributed by atoms with van der Waals surface area (Å²) in [5.74, 6) is 1.32. The summed E-state index contributed by atoms with van der Waals surface area (Å²) in [6.07, 6.45) is 4.46. The molecule has 1 aromatic heterocycles. The number of halogens is 1. The molecule has 0 aliphatic heterocycles. The quantitative estimate of drug-likeness (QED) is 0.730. The summed E-state index contributed by atoms with van der Waals surface area (Å²) in [4.78, 5) is 6.57. The first-order chi connectivity index (χ1) is 8.20. The summed E-state index contributed by atoms with van der Waals surface area (Å²) < 4.78 is 5.79. The molecule has 0 spiro atoms. The molecule has 0 amide bonds. The molecule has 0 aromatic carbocycles. The van der Waals surface area contributed by atoms with Crippen molar-refractivity contribution < 1.29 is 4.74 Å². The molecular weight excluding hydrogens is 236 g/mol. The lowest BCUT2D eigenvalue weighted by atomic mass is 10.2. The van der Waals surface area contributed by atoms with Crippen LogP contribution in [0.2, 0.25) is 0 Å². The van der Waals surface area contributed by atoms with Crippen LogP contribution in [-0.4, -0.2) is 36.1 Å². The summed E-state index contributed by atoms with van der Waals surface area (Å²) in [5, 5.41) is 0. The van der Waals surface area contributed by atoms with Crippen LogP contribution in [0.15, 0.2) is 12.3 Å². The van der Waals surface area contributed by atoms with Crippen LogP contribution in [0.25, 0.3) is 0 Å². The monoisotopic (exact) mass is 254 g/mol. The third-order valence-corrected chi connectivity index (χ3v) is 3.38. The van der Waals surface area contributed by atoms with Crippen LogP contribution in [0.1, 0.15) is 24.1 Å². The molecule has 1 aliphatic rings. The zero-order valence-corrected chi connectivity index (χ0v) is 11.2. The van der Waals surface area contributed by atoms with Gasteiger partial charge in [-0.25, -0.2) is 0 Å². The average molecular weight is 255 g/mol. The minimum absolute atomic E-state index is 0.446. The van der Waals surface area contributed by atoms with E-state index in [1.165, 1.54) is 12.8 Å². The van der Waals surface area contributed by atoms with E-state index in [0.29, 0.717) is 12.5 Å². The number of alkyl halides is 1. The molecule has 1 aromatic rings. The van der Waals surface area contributed by atoms with Gasteiger partial charge in [0.1, 0.15) is 12.4 Å². The molecular formula is C13H19ClN2O. The van der Waals surface area contributed by atoms with Crippen LogP contribution in [-0.2, 0) is 5.88 Å². The Bertz CT molecular complexity index is 380. The van der Waals surface area contributed by atoms with Crippen molar-refractivity contribution >= 4 is 11.6 Å². The fraction of sp³-hybridized carbons (Fsp3) is 0.615. The van der Waals surface area contributed by atoms with Crippen LogP contribution in [0, 0.1) is 6.92 Å². The Hall–Kier alpha value is -0.800. The molecule has 0 atom stereocenters. The fourth-order valence-electron chi connectivity index (χ4n) is 1.80. The Morgan fingerprint density at radius 3 is 2.94 bits per heavy atom. The lowest BCUT2D eigenvalue weighted by Crippen LogP contribution is -2.26. The average Bonchev–Trinajstić information content (AvgIpc) is 3.13. The lowest BCUT2D eigenvalue weighted by molar-refractivity contribution is 0.230. The first-order valence-corrected chi connectivity index (χ1v) is 6.58. The van der Waals surface area contributed by atoms with Crippen molar-refractivity contribution in [2.24, 2.45) is 0 Å². The highest BCUT2D eigenvalue weighted by atomic mass is 35.5. The highest BCUT2D eigenvalue weighted by Crippen LogP contribution is 2.25. The van der Waals surface area contributed by atoms with Gasteiger partial charge in [-0.05, 0) is 26.8 Å². The largest absolute Gasteiger partial charge is 0.492 e. The van der Waals surface area contributed by atoms with Crippen molar-refractivity contribution in [2.45, 2.75) is 31.7 Å². The van der Waals surface area contributed by atoms with Gasteiger partial charge in [0.15, 0.2) is 0 Å². The summed E-state index contributed by atoms with van der Waals surface area (Å²) >= 11 is 5.86. The number of aromatic nitrogens is 1. The number of pyridine rings is 1. The van der Waals surface area contributed by atoms with Crippen molar-refractivity contribution in [3.05, 3.63) is 23.5 Å². The van der Waals surface area contributed by atoms with Gasteiger partial charge in [-0.15, -0.1) is 11.6 Å². The standard InChI is InChI=1S/C13H19ClN2O/c1-10-7-13(11(8-14)9-15-10)17-6-5-16(2)12-3-4-12/h7,9,12H,3-6,8H2,1-2H3. The molecule has 4 heteroatoms. The van der Waals surface area contributed by atoms with Gasteiger partial charge < -0.3 is 9.64 Å². The number of ether oxygens (including phenoxy) is 1. The Labute approximate surface area is 108 Å². The maximum atomic E-state index is 5.86. The molecule has 0 bridgehead atoms. The number of nitrogens with zero attached hydrogens (tertiary/aromatic N) is 2. The number of hydrogen-bond donors (Lipinski definition) is 0. The predicted molar refractivity (Wildman–Crippen MR) is 69.7 cm³/mol. The van der Waals surface area contributed by atoms with E-state index in [2.05, 4.69) is 16.9 Å². The molecule has 0 saturated heterocycles. The molecule has 0 radical (unpaired) electrons. The normalized spacial score (nSPS) is 15.3. The second-order valence-electron chi connectivity index (χ2n) is 4.63. The first-order valence-electron chi connectivity index (χ1n) is 6.05. The first kappa shape index (κ1) is 12.7. The van der Waals surface area contributed by atoms with Crippen molar-refractivity contribution in [2.75, 3.05) is 20.2 Å². The Morgan fingerprint density at radius 2 is 2.29 bits per heavy atom. The third kappa shape index (κ3) is 3.58. The number of rotatable bonds is 6. The van der Waals surface area contributed by atoms with Crippen LogP contribution < -0.4 is 4.74 Å². The number of hydrogen-bond acceptors (Lipinski definition) is 3. The van der Waals surface area contributed by atoms with E-state index in [4.69, 9.17) is 16.3 Å². The fourth-order valence-corrected chi connectivity index (χ4v) is 2.00. The SMILES string of the molecule is Cc1cc(OCCN(C)C2CC2)c(CCl)cn1. The molecule has 94 valence electrons. The minimum atomic E-state index is 0.446. The highest BCUT2D eigenvalue weighted by Gasteiger charge is 2.25. The third-order valence-electron chi connectivity index (χ3n) is 3.10. The second kappa shape index (κ2) is 5.69. The minimum Gasteiger partial charge on any atom is -0.492 e. The lowest BCUT2D eigenvalue weighted by Gasteiger charge is -2.17. The Balaban J connectivity index is 1.86. The smallest absolute Gasteiger partial charge is 0.127 e. The van der Waals surface area contributed by atoms with Gasteiger partial charge in [0.2, 0.25) is 0 Å². The summed E-state index contributed by atoms with van der Waals surface area (Å²) in [5.41, 5.74) is 1.93. The van der Waals surface area contributed by atoms with E-state index in [-0.39, 0.29) is 0 Å². The van der Waals surface area contributed by atoms with Gasteiger partial charge in [-0.3, -0.25) is 4.98 Å². The topological polar surface area (TPSA) is 25.4 Å². The van der Waals surface area contributed by atoms with Gasteiger partial charge in [-0.2, -0.15) is 0 Å². The molecule has 1 aliphatic carbocycles. The van der Waals surface area contributed by atoms with E-state index in [1.807, 2.05) is 13.0 Å². The van der Waals surface area contributed by atoms with Gasteiger partial charge in [0.05, 0.1) is 5.88 Å². The van der Waals surface area contributed by atoms with Gasteiger partial charge in [0, 0.05) is 36.1 Å². The van der Waals surface area contributed by atoms with Crippen LogP contribution in [0.5, 0.6) is 5.75 Å². The van der Waals surface area contributed by atoms with Crippen molar-refractivity contribution in [3.8, 4) is 5.75 Å². The molecule has 17 heavy (non-hydrogen) atoms. The summed E-state index contributed by atoms with van der Waals surface area (Å²) in [6.45, 7) is 3.63. The molecule has 2 rings (SSSR count). The van der Waals surface area contributed by atoms with Gasteiger partial charge in [-0.1, -0.05) is 0 Å². The highest BCUT2D eigenvalue weighted by molar-refractivity contribution is 6.17. The molecule has 1 saturated carbocycles. The second-order valence-corrected chi connectivity index (χ2v) is 4.89. The molecule has 3 nitrogen and oxygen atoms in total. The van der Waals surface area contributed by atoms with Crippen molar-refractivity contribution in [1.82, 2.24) is 9.88 Å². The van der Waals surface area contributed by atoms with Gasteiger partial charge >= 0.3 is 0 Å². The Morgan fingerprint density at radius 1 is 1.53 bits per heavy atom. The maximum absolute atomic E-state index is 5.86. The van der Waals surface area contributed by atoms with Crippen molar-refractivity contribution in [1.29, 1.82) is 0 Å². The zero-order valence-electron chi connectivity index (χ0n) is 10.4. The van der Waals surface area contributed by atoms with Crippen LogP contribution in [0.4, 0.5) is 0 Å². The van der Waals surface area contributed by atoms with E-state index in [9.17, 15) is 0 Å².